The first-order chi connectivity index (χ1) is 7.85. The molecule has 0 N–H and O–H groups in total. The zero-order chi connectivity index (χ0) is 11.4. The van der Waals surface area contributed by atoms with Gasteiger partial charge >= 0.3 is 0 Å². The summed E-state index contributed by atoms with van der Waals surface area (Å²) in [4.78, 5) is 2.21. The number of rotatable bonds is 3. The highest BCUT2D eigenvalue weighted by atomic mass is 15.1. The predicted molar refractivity (Wildman–Crippen MR) is 66.9 cm³/mol. The standard InChI is InChI=1S/C15H15N/c1-3-9-16(10-4-2)15-11-13-7-5-6-8-14(13)12-15/h1-2,5-8,15H,9-12H2. The fourth-order valence-corrected chi connectivity index (χ4v) is 2.34. The van der Waals surface area contributed by atoms with Crippen molar-refractivity contribution in [1.82, 2.24) is 4.90 Å². The van der Waals surface area contributed by atoms with Crippen molar-refractivity contribution < 1.29 is 0 Å². The largest absolute Gasteiger partial charge is 0.278 e. The summed E-state index contributed by atoms with van der Waals surface area (Å²) in [6.07, 6.45) is 12.9. The highest BCUT2D eigenvalue weighted by Crippen LogP contribution is 2.24. The van der Waals surface area contributed by atoms with Gasteiger partial charge in [0.05, 0.1) is 13.1 Å². The normalized spacial score (nSPS) is 14.4. The van der Waals surface area contributed by atoms with Crippen LogP contribution in [0.15, 0.2) is 24.3 Å². The van der Waals surface area contributed by atoms with Gasteiger partial charge < -0.3 is 0 Å². The monoisotopic (exact) mass is 209 g/mol. The maximum atomic E-state index is 5.37. The Morgan fingerprint density at radius 2 is 1.56 bits per heavy atom. The highest BCUT2D eigenvalue weighted by Gasteiger charge is 2.25. The van der Waals surface area contributed by atoms with Gasteiger partial charge in [-0.25, -0.2) is 0 Å². The van der Waals surface area contributed by atoms with E-state index in [0.29, 0.717) is 19.1 Å². The van der Waals surface area contributed by atoms with E-state index in [9.17, 15) is 0 Å². The molecule has 0 amide bonds. The third-order valence-electron chi connectivity index (χ3n) is 3.13. The zero-order valence-corrected chi connectivity index (χ0v) is 9.32. The van der Waals surface area contributed by atoms with Gasteiger partial charge in [0.25, 0.3) is 0 Å². The highest BCUT2D eigenvalue weighted by molar-refractivity contribution is 5.33. The molecule has 0 fully saturated rings. The molecule has 1 aromatic carbocycles. The van der Waals surface area contributed by atoms with Crippen molar-refractivity contribution in [2.45, 2.75) is 18.9 Å². The molecule has 1 heteroatoms. The van der Waals surface area contributed by atoms with Crippen molar-refractivity contribution in [3.05, 3.63) is 35.4 Å². The van der Waals surface area contributed by atoms with E-state index < -0.39 is 0 Å². The van der Waals surface area contributed by atoms with Crippen molar-refractivity contribution >= 4 is 0 Å². The molecule has 2 rings (SSSR count). The van der Waals surface area contributed by atoms with E-state index in [1.807, 2.05) is 0 Å². The van der Waals surface area contributed by atoms with E-state index in [-0.39, 0.29) is 0 Å². The Morgan fingerprint density at radius 3 is 2.00 bits per heavy atom. The van der Waals surface area contributed by atoms with Crippen LogP contribution in [0, 0.1) is 24.7 Å². The Balaban J connectivity index is 2.10. The van der Waals surface area contributed by atoms with Crippen LogP contribution in [0.3, 0.4) is 0 Å². The van der Waals surface area contributed by atoms with Gasteiger partial charge in [0, 0.05) is 6.04 Å². The number of nitrogens with zero attached hydrogens (tertiary/aromatic N) is 1. The molecule has 0 radical (unpaired) electrons. The van der Waals surface area contributed by atoms with E-state index in [0.717, 1.165) is 12.8 Å². The molecule has 1 nitrogen and oxygen atoms in total. The van der Waals surface area contributed by atoms with E-state index in [4.69, 9.17) is 12.8 Å². The van der Waals surface area contributed by atoms with Crippen LogP contribution in [0.1, 0.15) is 11.1 Å². The second kappa shape index (κ2) is 4.88. The molecule has 0 atom stereocenters. The van der Waals surface area contributed by atoms with Gasteiger partial charge in [0.1, 0.15) is 0 Å². The third-order valence-corrected chi connectivity index (χ3v) is 3.13. The van der Waals surface area contributed by atoms with Crippen molar-refractivity contribution in [2.75, 3.05) is 13.1 Å². The SMILES string of the molecule is C#CCN(CC#C)C1Cc2ccccc2C1. The Bertz CT molecular complexity index is 406. The quantitative estimate of drug-likeness (QED) is 0.685. The molecule has 0 aliphatic heterocycles. The van der Waals surface area contributed by atoms with Gasteiger partial charge in [0.15, 0.2) is 0 Å². The molecular weight excluding hydrogens is 194 g/mol. The predicted octanol–water partition coefficient (Wildman–Crippen LogP) is 1.72. The minimum absolute atomic E-state index is 0.476. The number of benzene rings is 1. The third kappa shape index (κ3) is 2.11. The van der Waals surface area contributed by atoms with Crippen LogP contribution in [0.4, 0.5) is 0 Å². The maximum Gasteiger partial charge on any atom is 0.0610 e. The van der Waals surface area contributed by atoms with Crippen molar-refractivity contribution in [3.8, 4) is 24.7 Å². The summed E-state index contributed by atoms with van der Waals surface area (Å²) in [5.74, 6) is 5.37. The van der Waals surface area contributed by atoms with Crippen LogP contribution in [0.2, 0.25) is 0 Å². The number of hydrogen-bond acceptors (Lipinski definition) is 1. The van der Waals surface area contributed by atoms with Crippen LogP contribution in [0.25, 0.3) is 0 Å². The van der Waals surface area contributed by atoms with Crippen molar-refractivity contribution in [1.29, 1.82) is 0 Å². The molecule has 1 aromatic rings. The molecule has 0 spiro atoms. The van der Waals surface area contributed by atoms with E-state index in [1.165, 1.54) is 11.1 Å². The smallest absolute Gasteiger partial charge is 0.0610 e. The van der Waals surface area contributed by atoms with Crippen LogP contribution in [-0.4, -0.2) is 24.0 Å². The average molecular weight is 209 g/mol. The lowest BCUT2D eigenvalue weighted by Gasteiger charge is -2.24. The fraction of sp³-hybridized carbons (Fsp3) is 0.333. The molecule has 0 bridgehead atoms. The Hall–Kier alpha value is -1.70. The first-order valence-corrected chi connectivity index (χ1v) is 5.53. The lowest BCUT2D eigenvalue weighted by Crippen LogP contribution is -2.36. The molecule has 0 unspecified atom stereocenters. The van der Waals surface area contributed by atoms with Gasteiger partial charge in [-0.05, 0) is 24.0 Å². The van der Waals surface area contributed by atoms with Crippen molar-refractivity contribution in [2.24, 2.45) is 0 Å². The second-order valence-corrected chi connectivity index (χ2v) is 4.14. The van der Waals surface area contributed by atoms with Crippen molar-refractivity contribution in [3.63, 3.8) is 0 Å². The Labute approximate surface area is 97.5 Å². The fourth-order valence-electron chi connectivity index (χ4n) is 2.34. The van der Waals surface area contributed by atoms with Crippen LogP contribution >= 0.6 is 0 Å². The summed E-state index contributed by atoms with van der Waals surface area (Å²) in [6, 6.07) is 9.05. The topological polar surface area (TPSA) is 3.24 Å². The van der Waals surface area contributed by atoms with E-state index >= 15 is 0 Å². The van der Waals surface area contributed by atoms with Crippen LogP contribution in [0.5, 0.6) is 0 Å². The molecular formula is C15H15N. The molecule has 0 heterocycles. The minimum atomic E-state index is 0.476. The van der Waals surface area contributed by atoms with Gasteiger partial charge in [-0.15, -0.1) is 12.8 Å². The van der Waals surface area contributed by atoms with Gasteiger partial charge in [-0.1, -0.05) is 36.1 Å². The Morgan fingerprint density at radius 1 is 1.06 bits per heavy atom. The first kappa shape index (κ1) is 10.8. The maximum absolute atomic E-state index is 5.37. The molecule has 0 saturated heterocycles. The number of fused-ring (bicyclic) bond motifs is 1. The summed E-state index contributed by atoms with van der Waals surface area (Å²) in [5, 5.41) is 0. The second-order valence-electron chi connectivity index (χ2n) is 4.14. The average Bonchev–Trinajstić information content (AvgIpc) is 2.72. The Kier molecular flexibility index (Phi) is 3.30. The molecule has 0 aromatic heterocycles. The first-order valence-electron chi connectivity index (χ1n) is 5.53. The molecule has 80 valence electrons. The van der Waals surface area contributed by atoms with E-state index in [2.05, 4.69) is 41.0 Å². The molecule has 1 aliphatic carbocycles. The molecule has 0 saturated carbocycles. The summed E-state index contributed by atoms with van der Waals surface area (Å²) in [5.41, 5.74) is 2.87. The van der Waals surface area contributed by atoms with Crippen LogP contribution in [-0.2, 0) is 12.8 Å². The lowest BCUT2D eigenvalue weighted by atomic mass is 10.1. The summed E-state index contributed by atoms with van der Waals surface area (Å²) in [7, 11) is 0. The zero-order valence-electron chi connectivity index (χ0n) is 9.32. The summed E-state index contributed by atoms with van der Waals surface area (Å²) in [6.45, 7) is 1.28. The summed E-state index contributed by atoms with van der Waals surface area (Å²) >= 11 is 0. The minimum Gasteiger partial charge on any atom is -0.278 e. The summed E-state index contributed by atoms with van der Waals surface area (Å²) < 4.78 is 0. The van der Waals surface area contributed by atoms with Gasteiger partial charge in [-0.2, -0.15) is 0 Å². The molecule has 16 heavy (non-hydrogen) atoms. The van der Waals surface area contributed by atoms with Gasteiger partial charge in [0.2, 0.25) is 0 Å². The lowest BCUT2D eigenvalue weighted by molar-refractivity contribution is 0.255. The van der Waals surface area contributed by atoms with Crippen LogP contribution < -0.4 is 0 Å². The number of hydrogen-bond donors (Lipinski definition) is 0. The van der Waals surface area contributed by atoms with E-state index in [1.54, 1.807) is 0 Å². The van der Waals surface area contributed by atoms with Gasteiger partial charge in [-0.3, -0.25) is 4.90 Å². The number of terminal acetylenes is 2. The molecule has 1 aliphatic rings.